The molecule has 18 heavy (non-hydrogen) atoms. The van der Waals surface area contributed by atoms with Gasteiger partial charge < -0.3 is 10.2 Å². The quantitative estimate of drug-likeness (QED) is 0.703. The normalized spacial score (nSPS) is 54.1. The molecule has 0 aliphatic heterocycles. The maximum absolute atomic E-state index is 12.0. The summed E-state index contributed by atoms with van der Waals surface area (Å²) >= 11 is 0. The van der Waals surface area contributed by atoms with Gasteiger partial charge >= 0.3 is 5.97 Å². The van der Waals surface area contributed by atoms with Crippen molar-refractivity contribution < 1.29 is 15.0 Å². The minimum atomic E-state index is -0.752. The topological polar surface area (TPSA) is 57.5 Å². The molecule has 0 spiro atoms. The van der Waals surface area contributed by atoms with Crippen LogP contribution < -0.4 is 0 Å². The lowest BCUT2D eigenvalue weighted by atomic mass is 9.57. The fourth-order valence-corrected chi connectivity index (χ4v) is 5.38. The Morgan fingerprint density at radius 1 is 1.44 bits per heavy atom. The third kappa shape index (κ3) is 0.965. The van der Waals surface area contributed by atoms with Gasteiger partial charge in [-0.05, 0) is 43.9 Å². The van der Waals surface area contributed by atoms with E-state index in [-0.39, 0.29) is 11.3 Å². The highest BCUT2D eigenvalue weighted by Gasteiger charge is 2.76. The number of carboxylic acids is 1. The molecule has 0 heterocycles. The van der Waals surface area contributed by atoms with Crippen LogP contribution in [0, 0.1) is 22.2 Å². The van der Waals surface area contributed by atoms with Crippen LogP contribution in [0.3, 0.4) is 0 Å². The Morgan fingerprint density at radius 3 is 2.72 bits per heavy atom. The third-order valence-corrected chi connectivity index (χ3v) is 6.71. The molecular formula is C15H22O3. The number of fused-ring (bicyclic) bond motifs is 5. The molecule has 3 aliphatic carbocycles. The molecule has 3 rings (SSSR count). The third-order valence-electron chi connectivity index (χ3n) is 6.71. The lowest BCUT2D eigenvalue weighted by Gasteiger charge is -2.46. The van der Waals surface area contributed by atoms with Crippen molar-refractivity contribution in [2.75, 3.05) is 0 Å². The first-order chi connectivity index (χ1) is 8.29. The van der Waals surface area contributed by atoms with Crippen LogP contribution in [0.5, 0.6) is 0 Å². The molecule has 100 valence electrons. The first-order valence-electron chi connectivity index (χ1n) is 6.88. The van der Waals surface area contributed by atoms with Crippen molar-refractivity contribution in [2.45, 2.75) is 52.6 Å². The highest BCUT2D eigenvalue weighted by atomic mass is 16.4. The molecule has 0 saturated heterocycles. The van der Waals surface area contributed by atoms with Crippen molar-refractivity contribution in [2.24, 2.45) is 22.2 Å². The van der Waals surface area contributed by atoms with E-state index in [9.17, 15) is 15.0 Å². The van der Waals surface area contributed by atoms with E-state index < -0.39 is 22.9 Å². The highest BCUT2D eigenvalue weighted by Crippen LogP contribution is 2.76. The Hall–Kier alpha value is -0.830. The van der Waals surface area contributed by atoms with Crippen LogP contribution in [-0.4, -0.2) is 22.3 Å². The summed E-state index contributed by atoms with van der Waals surface area (Å²) in [6.45, 7) is 6.25. The molecule has 0 aromatic carbocycles. The molecular weight excluding hydrogens is 228 g/mol. The second-order valence-corrected chi connectivity index (χ2v) is 7.00. The van der Waals surface area contributed by atoms with Crippen LogP contribution in [0.4, 0.5) is 0 Å². The van der Waals surface area contributed by atoms with E-state index in [1.807, 2.05) is 6.92 Å². The number of hydrogen-bond acceptors (Lipinski definition) is 2. The van der Waals surface area contributed by atoms with Crippen molar-refractivity contribution in [1.82, 2.24) is 0 Å². The van der Waals surface area contributed by atoms with Crippen molar-refractivity contribution in [1.29, 1.82) is 0 Å². The molecule has 3 aliphatic rings. The van der Waals surface area contributed by atoms with Gasteiger partial charge in [0.1, 0.15) is 0 Å². The average molecular weight is 250 g/mol. The molecule has 3 heteroatoms. The molecule has 2 saturated carbocycles. The predicted molar refractivity (Wildman–Crippen MR) is 68.0 cm³/mol. The number of aliphatic hydroxyl groups is 1. The number of aliphatic carboxylic acids is 1. The van der Waals surface area contributed by atoms with E-state index in [1.54, 1.807) is 0 Å². The van der Waals surface area contributed by atoms with E-state index in [0.717, 1.165) is 12.8 Å². The van der Waals surface area contributed by atoms with Crippen molar-refractivity contribution in [3.8, 4) is 0 Å². The van der Waals surface area contributed by atoms with Gasteiger partial charge in [-0.1, -0.05) is 25.5 Å². The zero-order chi connectivity index (χ0) is 13.3. The van der Waals surface area contributed by atoms with Crippen LogP contribution in [0.25, 0.3) is 0 Å². The second kappa shape index (κ2) is 3.19. The molecule has 0 aromatic heterocycles. The first-order valence-corrected chi connectivity index (χ1v) is 6.88. The summed E-state index contributed by atoms with van der Waals surface area (Å²) in [6.07, 6.45) is 4.78. The maximum atomic E-state index is 12.0. The Kier molecular flexibility index (Phi) is 2.16. The molecule has 0 unspecified atom stereocenters. The lowest BCUT2D eigenvalue weighted by molar-refractivity contribution is -0.163. The van der Waals surface area contributed by atoms with Crippen molar-refractivity contribution in [3.63, 3.8) is 0 Å². The van der Waals surface area contributed by atoms with Gasteiger partial charge in [-0.2, -0.15) is 0 Å². The maximum Gasteiger partial charge on any atom is 0.310 e. The Labute approximate surface area is 108 Å². The van der Waals surface area contributed by atoms with Gasteiger partial charge in [0.25, 0.3) is 0 Å². The lowest BCUT2D eigenvalue weighted by Crippen LogP contribution is -2.51. The summed E-state index contributed by atoms with van der Waals surface area (Å²) in [5, 5.41) is 20.4. The Morgan fingerprint density at radius 2 is 2.11 bits per heavy atom. The van der Waals surface area contributed by atoms with Gasteiger partial charge in [0, 0.05) is 5.41 Å². The molecule has 2 bridgehead atoms. The minimum Gasteiger partial charge on any atom is -0.481 e. The van der Waals surface area contributed by atoms with E-state index in [0.29, 0.717) is 12.8 Å². The van der Waals surface area contributed by atoms with Crippen LogP contribution in [0.15, 0.2) is 11.6 Å². The van der Waals surface area contributed by atoms with Gasteiger partial charge in [-0.15, -0.1) is 0 Å². The predicted octanol–water partition coefficient (Wildman–Crippen LogP) is 2.59. The molecule has 2 N–H and O–H groups in total. The minimum absolute atomic E-state index is 0.0779. The number of aliphatic hydroxyl groups excluding tert-OH is 1. The zero-order valence-corrected chi connectivity index (χ0v) is 11.4. The van der Waals surface area contributed by atoms with Crippen LogP contribution >= 0.6 is 0 Å². The molecule has 5 atom stereocenters. The van der Waals surface area contributed by atoms with E-state index >= 15 is 0 Å². The summed E-state index contributed by atoms with van der Waals surface area (Å²) in [5.41, 5.74) is -0.109. The fraction of sp³-hybridized carbons (Fsp3) is 0.800. The number of rotatable bonds is 1. The highest BCUT2D eigenvalue weighted by molar-refractivity contribution is 5.79. The average Bonchev–Trinajstić information content (AvgIpc) is 2.67. The standard InChI is InChI=1S/C15H22O3/c1-9-4-6-13(2)8-10(9)15(12(17)18)7-5-11(16)14(13,15)3/h4,10-11,16H,5-8H2,1-3H3,(H,17,18)/t10-,11-,13-,14-,15+/m1/s1. The molecule has 2 fully saturated rings. The first kappa shape index (κ1) is 12.2. The number of carboxylic acid groups (broad SMARTS) is 1. The van der Waals surface area contributed by atoms with Crippen molar-refractivity contribution in [3.05, 3.63) is 11.6 Å². The van der Waals surface area contributed by atoms with E-state index in [2.05, 4.69) is 19.9 Å². The van der Waals surface area contributed by atoms with E-state index in [1.165, 1.54) is 5.57 Å². The second-order valence-electron chi connectivity index (χ2n) is 7.00. The van der Waals surface area contributed by atoms with Gasteiger partial charge in [-0.3, -0.25) is 4.79 Å². The molecule has 3 nitrogen and oxygen atoms in total. The summed E-state index contributed by atoms with van der Waals surface area (Å²) in [4.78, 5) is 12.0. The summed E-state index contributed by atoms with van der Waals surface area (Å²) in [5.74, 6) is -0.596. The zero-order valence-electron chi connectivity index (χ0n) is 11.4. The van der Waals surface area contributed by atoms with Gasteiger partial charge in [0.2, 0.25) is 0 Å². The van der Waals surface area contributed by atoms with Gasteiger partial charge in [-0.25, -0.2) is 0 Å². The molecule has 0 amide bonds. The monoisotopic (exact) mass is 250 g/mol. The van der Waals surface area contributed by atoms with Gasteiger partial charge in [0.15, 0.2) is 0 Å². The number of carbonyl (C=O) groups is 1. The Bertz CT molecular complexity index is 455. The van der Waals surface area contributed by atoms with Crippen LogP contribution in [0.2, 0.25) is 0 Å². The fourth-order valence-electron chi connectivity index (χ4n) is 5.38. The molecule has 0 radical (unpaired) electrons. The SMILES string of the molecule is CC1=CC[C@]2(C)C[C@H]1[C@]1(C(=O)O)CC[C@@H](O)[C@]21C. The Balaban J connectivity index is 2.27. The largest absolute Gasteiger partial charge is 0.481 e. The van der Waals surface area contributed by atoms with Crippen LogP contribution in [0.1, 0.15) is 46.5 Å². The summed E-state index contributed by atoms with van der Waals surface area (Å²) in [7, 11) is 0. The van der Waals surface area contributed by atoms with E-state index in [4.69, 9.17) is 0 Å². The summed E-state index contributed by atoms with van der Waals surface area (Å²) < 4.78 is 0. The van der Waals surface area contributed by atoms with Crippen molar-refractivity contribution >= 4 is 5.97 Å². The smallest absolute Gasteiger partial charge is 0.310 e. The summed E-state index contributed by atoms with van der Waals surface area (Å²) in [6, 6.07) is 0. The van der Waals surface area contributed by atoms with Crippen LogP contribution in [-0.2, 0) is 4.79 Å². The van der Waals surface area contributed by atoms with Gasteiger partial charge in [0.05, 0.1) is 11.5 Å². The number of hydrogen-bond donors (Lipinski definition) is 2. The number of allylic oxidation sites excluding steroid dienone is 2. The molecule has 0 aromatic rings.